The van der Waals surface area contributed by atoms with E-state index in [0.29, 0.717) is 5.56 Å². The quantitative estimate of drug-likeness (QED) is 0.382. The Morgan fingerprint density at radius 1 is 0.812 bits per heavy atom. The number of fused-ring (bicyclic) bond motifs is 1. The van der Waals surface area contributed by atoms with Gasteiger partial charge < -0.3 is 10.0 Å². The molecule has 0 aliphatic heterocycles. The number of carboxylic acid groups (broad SMARTS) is 1. The SMILES string of the molecule is CCCCCCCCN(c1ccc(C(=O)O)cc1)c1ccc2c(c1)C(C)(C)CCC2(C)C. The van der Waals surface area contributed by atoms with Crippen LogP contribution in [0.25, 0.3) is 0 Å². The highest BCUT2D eigenvalue weighted by atomic mass is 16.4. The van der Waals surface area contributed by atoms with Crippen LogP contribution in [0.5, 0.6) is 0 Å². The van der Waals surface area contributed by atoms with Gasteiger partial charge in [-0.1, -0.05) is 72.8 Å². The van der Waals surface area contributed by atoms with Gasteiger partial charge in [0.15, 0.2) is 0 Å². The van der Waals surface area contributed by atoms with Crippen LogP contribution in [0, 0.1) is 0 Å². The van der Waals surface area contributed by atoms with E-state index in [1.54, 1.807) is 12.1 Å². The van der Waals surface area contributed by atoms with E-state index in [1.807, 2.05) is 12.1 Å². The van der Waals surface area contributed by atoms with Gasteiger partial charge in [-0.3, -0.25) is 0 Å². The largest absolute Gasteiger partial charge is 0.478 e. The smallest absolute Gasteiger partial charge is 0.335 e. The van der Waals surface area contributed by atoms with E-state index in [0.717, 1.165) is 18.7 Å². The summed E-state index contributed by atoms with van der Waals surface area (Å²) in [5.41, 5.74) is 5.92. The molecule has 0 saturated carbocycles. The van der Waals surface area contributed by atoms with E-state index < -0.39 is 5.97 Å². The minimum Gasteiger partial charge on any atom is -0.478 e. The zero-order chi connectivity index (χ0) is 23.4. The minimum absolute atomic E-state index is 0.167. The highest BCUT2D eigenvalue weighted by Crippen LogP contribution is 2.47. The van der Waals surface area contributed by atoms with Crippen LogP contribution in [0.2, 0.25) is 0 Å². The first-order valence-corrected chi connectivity index (χ1v) is 12.4. The van der Waals surface area contributed by atoms with E-state index in [2.05, 4.69) is 57.7 Å². The molecule has 3 heteroatoms. The van der Waals surface area contributed by atoms with Crippen molar-refractivity contribution in [1.82, 2.24) is 0 Å². The number of benzene rings is 2. The van der Waals surface area contributed by atoms with E-state index in [1.165, 1.54) is 61.8 Å². The normalized spacial score (nSPS) is 16.4. The zero-order valence-corrected chi connectivity index (χ0v) is 20.7. The molecule has 2 aromatic carbocycles. The van der Waals surface area contributed by atoms with E-state index in [9.17, 15) is 9.90 Å². The summed E-state index contributed by atoms with van der Waals surface area (Å²) < 4.78 is 0. The maximum atomic E-state index is 11.3. The van der Waals surface area contributed by atoms with Crippen molar-refractivity contribution in [2.75, 3.05) is 11.4 Å². The molecule has 174 valence electrons. The number of rotatable bonds is 10. The topological polar surface area (TPSA) is 40.5 Å². The van der Waals surface area contributed by atoms with Crippen molar-refractivity contribution in [3.63, 3.8) is 0 Å². The Balaban J connectivity index is 1.91. The van der Waals surface area contributed by atoms with Gasteiger partial charge in [0.1, 0.15) is 0 Å². The van der Waals surface area contributed by atoms with Gasteiger partial charge in [-0.15, -0.1) is 0 Å². The van der Waals surface area contributed by atoms with Crippen molar-refractivity contribution < 1.29 is 9.90 Å². The highest BCUT2D eigenvalue weighted by Gasteiger charge is 2.37. The van der Waals surface area contributed by atoms with E-state index in [4.69, 9.17) is 0 Å². The highest BCUT2D eigenvalue weighted by molar-refractivity contribution is 5.88. The minimum atomic E-state index is -0.878. The Bertz CT molecular complexity index is 911. The molecule has 3 rings (SSSR count). The Morgan fingerprint density at radius 3 is 2.00 bits per heavy atom. The van der Waals surface area contributed by atoms with Crippen molar-refractivity contribution in [2.45, 2.75) is 96.8 Å². The lowest BCUT2D eigenvalue weighted by molar-refractivity contribution is 0.0697. The number of unbranched alkanes of at least 4 members (excludes halogenated alkanes) is 5. The summed E-state index contributed by atoms with van der Waals surface area (Å²) in [6.45, 7) is 12.6. The molecular formula is C29H41NO2. The first-order chi connectivity index (χ1) is 15.2. The fourth-order valence-electron chi connectivity index (χ4n) is 4.99. The second-order valence-corrected chi connectivity index (χ2v) is 10.8. The van der Waals surface area contributed by atoms with Gasteiger partial charge in [-0.2, -0.15) is 0 Å². The Hall–Kier alpha value is -2.29. The molecule has 1 aliphatic carbocycles. The average Bonchev–Trinajstić information content (AvgIpc) is 2.76. The molecule has 1 aliphatic rings. The fourth-order valence-corrected chi connectivity index (χ4v) is 4.99. The molecule has 0 amide bonds. The summed E-state index contributed by atoms with van der Waals surface area (Å²) in [5.74, 6) is -0.878. The van der Waals surface area contributed by atoms with Crippen LogP contribution in [0.1, 0.15) is 107 Å². The number of aromatic carboxylic acids is 1. The molecule has 0 aromatic heterocycles. The molecule has 0 spiro atoms. The van der Waals surface area contributed by atoms with Gasteiger partial charge >= 0.3 is 5.97 Å². The molecule has 0 bridgehead atoms. The number of hydrogen-bond acceptors (Lipinski definition) is 2. The van der Waals surface area contributed by atoms with E-state index >= 15 is 0 Å². The van der Waals surface area contributed by atoms with Crippen LogP contribution >= 0.6 is 0 Å². The standard InChI is InChI=1S/C29H41NO2/c1-6-7-8-9-10-11-20-30(23-14-12-22(13-15-23)27(31)32)24-16-17-25-26(21-24)29(4,5)19-18-28(25,2)3/h12-17,21H,6-11,18-20H2,1-5H3,(H,31,32). The fraction of sp³-hybridized carbons (Fsp3) is 0.552. The van der Waals surface area contributed by atoms with Crippen LogP contribution < -0.4 is 4.90 Å². The van der Waals surface area contributed by atoms with Crippen molar-refractivity contribution in [2.24, 2.45) is 0 Å². The molecule has 0 heterocycles. The second-order valence-electron chi connectivity index (χ2n) is 10.8. The van der Waals surface area contributed by atoms with Crippen LogP contribution in [0.3, 0.4) is 0 Å². The number of carboxylic acids is 1. The summed E-state index contributed by atoms with van der Waals surface area (Å²) in [5, 5.41) is 9.30. The first-order valence-electron chi connectivity index (χ1n) is 12.4. The van der Waals surface area contributed by atoms with Crippen LogP contribution in [-0.2, 0) is 10.8 Å². The van der Waals surface area contributed by atoms with Gasteiger partial charge in [-0.05, 0) is 77.6 Å². The Labute approximate surface area is 194 Å². The maximum absolute atomic E-state index is 11.3. The lowest BCUT2D eigenvalue weighted by Gasteiger charge is -2.42. The maximum Gasteiger partial charge on any atom is 0.335 e. The monoisotopic (exact) mass is 435 g/mol. The predicted octanol–water partition coefficient (Wildman–Crippen LogP) is 8.23. The molecule has 2 aromatic rings. The third-order valence-electron chi connectivity index (χ3n) is 7.31. The summed E-state index contributed by atoms with van der Waals surface area (Å²) >= 11 is 0. The molecule has 0 unspecified atom stereocenters. The van der Waals surface area contributed by atoms with Crippen LogP contribution in [0.15, 0.2) is 42.5 Å². The van der Waals surface area contributed by atoms with Crippen molar-refractivity contribution >= 4 is 17.3 Å². The summed E-state index contributed by atoms with van der Waals surface area (Å²) in [7, 11) is 0. The van der Waals surface area contributed by atoms with Crippen LogP contribution in [-0.4, -0.2) is 17.6 Å². The molecule has 32 heavy (non-hydrogen) atoms. The van der Waals surface area contributed by atoms with E-state index in [-0.39, 0.29) is 10.8 Å². The molecule has 0 fully saturated rings. The van der Waals surface area contributed by atoms with Crippen LogP contribution in [0.4, 0.5) is 11.4 Å². The van der Waals surface area contributed by atoms with Gasteiger partial charge in [0, 0.05) is 17.9 Å². The summed E-state index contributed by atoms with van der Waals surface area (Å²) in [4.78, 5) is 13.7. The molecule has 3 nitrogen and oxygen atoms in total. The third kappa shape index (κ3) is 5.54. The molecule has 0 atom stereocenters. The number of hydrogen-bond donors (Lipinski definition) is 1. The molecule has 0 saturated heterocycles. The molecule has 1 N–H and O–H groups in total. The summed E-state index contributed by atoms with van der Waals surface area (Å²) in [6.07, 6.45) is 9.95. The third-order valence-corrected chi connectivity index (χ3v) is 7.31. The molecular weight excluding hydrogens is 394 g/mol. The first kappa shape index (κ1) is 24.4. The number of carbonyl (C=O) groups is 1. The van der Waals surface area contributed by atoms with Gasteiger partial charge in [-0.25, -0.2) is 4.79 Å². The van der Waals surface area contributed by atoms with Gasteiger partial charge in [0.25, 0.3) is 0 Å². The second kappa shape index (κ2) is 10.1. The zero-order valence-electron chi connectivity index (χ0n) is 20.7. The average molecular weight is 436 g/mol. The number of nitrogens with zero attached hydrogens (tertiary/aromatic N) is 1. The van der Waals surface area contributed by atoms with Gasteiger partial charge in [0.2, 0.25) is 0 Å². The lowest BCUT2D eigenvalue weighted by Crippen LogP contribution is -2.34. The molecule has 0 radical (unpaired) electrons. The predicted molar refractivity (Wildman–Crippen MR) is 136 cm³/mol. The van der Waals surface area contributed by atoms with Crippen molar-refractivity contribution in [1.29, 1.82) is 0 Å². The van der Waals surface area contributed by atoms with Crippen molar-refractivity contribution in [3.8, 4) is 0 Å². The number of anilines is 2. The lowest BCUT2D eigenvalue weighted by atomic mass is 9.63. The Kier molecular flexibility index (Phi) is 7.69. The van der Waals surface area contributed by atoms with Crippen molar-refractivity contribution in [3.05, 3.63) is 59.2 Å². The van der Waals surface area contributed by atoms with Gasteiger partial charge in [0.05, 0.1) is 5.56 Å². The Morgan fingerprint density at radius 2 is 1.38 bits per heavy atom. The summed E-state index contributed by atoms with van der Waals surface area (Å²) in [6, 6.07) is 14.4.